The third-order valence-corrected chi connectivity index (χ3v) is 5.99. The molecule has 0 bridgehead atoms. The summed E-state index contributed by atoms with van der Waals surface area (Å²) in [5.41, 5.74) is 7.95. The van der Waals surface area contributed by atoms with Crippen LogP contribution < -0.4 is 5.73 Å². The molecule has 0 spiro atoms. The lowest BCUT2D eigenvalue weighted by atomic mass is 9.81. The molecule has 0 aliphatic carbocycles. The fraction of sp³-hybridized carbons (Fsp3) is 0.688. The van der Waals surface area contributed by atoms with Crippen LogP contribution in [0.3, 0.4) is 0 Å². The van der Waals surface area contributed by atoms with Gasteiger partial charge < -0.3 is 5.73 Å². The first-order chi connectivity index (χ1) is 10.2. The molecule has 5 heteroatoms. The van der Waals surface area contributed by atoms with Crippen molar-refractivity contribution in [2.45, 2.75) is 57.5 Å². The summed E-state index contributed by atoms with van der Waals surface area (Å²) >= 11 is 1.68. The summed E-state index contributed by atoms with van der Waals surface area (Å²) in [6.07, 6.45) is 9.93. The van der Waals surface area contributed by atoms with E-state index < -0.39 is 0 Å². The maximum Gasteiger partial charge on any atom is 0.193 e. The molecule has 0 aromatic carbocycles. The van der Waals surface area contributed by atoms with Gasteiger partial charge in [0, 0.05) is 35.8 Å². The normalized spacial score (nSPS) is 18.6. The Morgan fingerprint density at radius 1 is 1.33 bits per heavy atom. The third kappa shape index (κ3) is 2.62. The molecule has 1 saturated heterocycles. The van der Waals surface area contributed by atoms with Crippen LogP contribution in [0.25, 0.3) is 4.96 Å². The highest BCUT2D eigenvalue weighted by atomic mass is 32.1. The first kappa shape index (κ1) is 15.0. The highest BCUT2D eigenvalue weighted by Gasteiger charge is 2.40. The Labute approximate surface area is 131 Å². The summed E-state index contributed by atoms with van der Waals surface area (Å²) in [4.78, 5) is 8.41. The van der Waals surface area contributed by atoms with Crippen molar-refractivity contribution in [2.24, 2.45) is 5.73 Å². The summed E-state index contributed by atoms with van der Waals surface area (Å²) in [5, 5.41) is 2.07. The van der Waals surface area contributed by atoms with Crippen LogP contribution in [0.1, 0.15) is 45.2 Å². The number of hydrogen-bond donors (Lipinski definition) is 1. The molecule has 3 rings (SSSR count). The van der Waals surface area contributed by atoms with Gasteiger partial charge in [0.1, 0.15) is 0 Å². The number of hydrogen-bond acceptors (Lipinski definition) is 4. The smallest absolute Gasteiger partial charge is 0.193 e. The Kier molecular flexibility index (Phi) is 4.33. The van der Waals surface area contributed by atoms with Gasteiger partial charge in [0.15, 0.2) is 4.96 Å². The van der Waals surface area contributed by atoms with Crippen molar-refractivity contribution < 1.29 is 0 Å². The minimum atomic E-state index is 0.132. The van der Waals surface area contributed by atoms with E-state index in [1.165, 1.54) is 25.9 Å². The quantitative estimate of drug-likeness (QED) is 0.892. The summed E-state index contributed by atoms with van der Waals surface area (Å²) < 4.78 is 2.10. The highest BCUT2D eigenvalue weighted by molar-refractivity contribution is 7.15. The number of nitrogens with two attached hydrogens (primary N) is 1. The Bertz CT molecular complexity index is 549. The van der Waals surface area contributed by atoms with Crippen LogP contribution in [0, 0.1) is 0 Å². The van der Waals surface area contributed by atoms with Crippen molar-refractivity contribution in [3.63, 3.8) is 0 Å². The zero-order valence-corrected chi connectivity index (χ0v) is 13.9. The second-order valence-corrected chi connectivity index (χ2v) is 7.01. The molecule has 116 valence electrons. The number of aromatic nitrogens is 2. The van der Waals surface area contributed by atoms with E-state index in [0.29, 0.717) is 0 Å². The zero-order chi connectivity index (χ0) is 14.9. The fourth-order valence-electron chi connectivity index (χ4n) is 3.91. The fourth-order valence-corrected chi connectivity index (χ4v) is 4.63. The van der Waals surface area contributed by atoms with Gasteiger partial charge in [0.05, 0.1) is 5.69 Å². The molecule has 0 radical (unpaired) electrons. The summed E-state index contributed by atoms with van der Waals surface area (Å²) in [6.45, 7) is 6.97. The number of nitrogens with zero attached hydrogens (tertiary/aromatic N) is 3. The van der Waals surface area contributed by atoms with Crippen molar-refractivity contribution in [1.82, 2.24) is 14.3 Å². The summed E-state index contributed by atoms with van der Waals surface area (Å²) in [6, 6.07) is 0.148. The van der Waals surface area contributed by atoms with Crippen LogP contribution >= 0.6 is 11.3 Å². The average Bonchev–Trinajstić information content (AvgIpc) is 3.17. The van der Waals surface area contributed by atoms with E-state index in [4.69, 9.17) is 10.7 Å². The van der Waals surface area contributed by atoms with Crippen LogP contribution in [0.2, 0.25) is 0 Å². The molecule has 2 N–H and O–H groups in total. The van der Waals surface area contributed by atoms with Crippen molar-refractivity contribution in [2.75, 3.05) is 13.1 Å². The SMILES string of the molecule is CCC(CC)(C(N)Cc1cn2ccsc2n1)N1CCCC1. The first-order valence-corrected chi connectivity index (χ1v) is 8.99. The number of fused-ring (bicyclic) bond motifs is 1. The van der Waals surface area contributed by atoms with Gasteiger partial charge >= 0.3 is 0 Å². The van der Waals surface area contributed by atoms with Crippen molar-refractivity contribution in [3.8, 4) is 0 Å². The minimum absolute atomic E-state index is 0.132. The Balaban J connectivity index is 1.79. The largest absolute Gasteiger partial charge is 0.326 e. The van der Waals surface area contributed by atoms with E-state index >= 15 is 0 Å². The van der Waals surface area contributed by atoms with Crippen LogP contribution in [0.4, 0.5) is 0 Å². The standard InChI is InChI=1S/C16H26N4S/c1-3-16(4-2,20-7-5-6-8-20)14(17)11-13-12-19-9-10-21-15(19)18-13/h9-10,12,14H,3-8,11,17H2,1-2H3. The van der Waals surface area contributed by atoms with Crippen molar-refractivity contribution in [1.29, 1.82) is 0 Å². The van der Waals surface area contributed by atoms with Crippen LogP contribution in [0.15, 0.2) is 17.8 Å². The van der Waals surface area contributed by atoms with Crippen LogP contribution in [-0.4, -0.2) is 39.0 Å². The van der Waals surface area contributed by atoms with Gasteiger partial charge in [-0.05, 0) is 38.8 Å². The molecule has 0 saturated carbocycles. The van der Waals surface area contributed by atoms with Crippen LogP contribution in [0.5, 0.6) is 0 Å². The maximum atomic E-state index is 6.69. The minimum Gasteiger partial charge on any atom is -0.326 e. The summed E-state index contributed by atoms with van der Waals surface area (Å²) in [5.74, 6) is 0. The van der Waals surface area contributed by atoms with Crippen molar-refractivity contribution in [3.05, 3.63) is 23.5 Å². The van der Waals surface area contributed by atoms with E-state index in [1.54, 1.807) is 11.3 Å². The molecule has 0 amide bonds. The predicted octanol–water partition coefficient (Wildman–Crippen LogP) is 2.92. The van der Waals surface area contributed by atoms with Gasteiger partial charge in [0.2, 0.25) is 0 Å². The number of thiazole rings is 1. The zero-order valence-electron chi connectivity index (χ0n) is 13.1. The number of imidazole rings is 1. The second-order valence-electron chi connectivity index (χ2n) is 6.14. The molecule has 4 nitrogen and oxygen atoms in total. The van der Waals surface area contributed by atoms with Gasteiger partial charge in [-0.2, -0.15) is 0 Å². The molecule has 1 fully saturated rings. The number of rotatable bonds is 6. The lowest BCUT2D eigenvalue weighted by Crippen LogP contribution is -2.59. The molecule has 3 heterocycles. The molecule has 1 atom stereocenters. The molecule has 1 aliphatic rings. The molecule has 2 aromatic rings. The topological polar surface area (TPSA) is 46.6 Å². The lowest BCUT2D eigenvalue weighted by molar-refractivity contribution is 0.0765. The Morgan fingerprint density at radius 2 is 2.05 bits per heavy atom. The highest BCUT2D eigenvalue weighted by Crippen LogP contribution is 2.32. The lowest BCUT2D eigenvalue weighted by Gasteiger charge is -2.45. The molecule has 1 aliphatic heterocycles. The predicted molar refractivity (Wildman–Crippen MR) is 88.9 cm³/mol. The Hall–Kier alpha value is -0.910. The third-order valence-electron chi connectivity index (χ3n) is 5.22. The summed E-state index contributed by atoms with van der Waals surface area (Å²) in [7, 11) is 0. The molecule has 1 unspecified atom stereocenters. The van der Waals surface area contributed by atoms with E-state index in [2.05, 4.69) is 40.9 Å². The van der Waals surface area contributed by atoms with E-state index in [0.717, 1.165) is 29.9 Å². The van der Waals surface area contributed by atoms with Gasteiger partial charge in [-0.3, -0.25) is 9.30 Å². The molecule has 21 heavy (non-hydrogen) atoms. The second kappa shape index (κ2) is 6.07. The Morgan fingerprint density at radius 3 is 2.67 bits per heavy atom. The number of likely N-dealkylation sites (tertiary alicyclic amines) is 1. The molecular weight excluding hydrogens is 280 g/mol. The molecule has 2 aromatic heterocycles. The maximum absolute atomic E-state index is 6.69. The van der Waals surface area contributed by atoms with Gasteiger partial charge in [-0.1, -0.05) is 13.8 Å². The first-order valence-electron chi connectivity index (χ1n) is 8.11. The van der Waals surface area contributed by atoms with E-state index in [9.17, 15) is 0 Å². The van der Waals surface area contributed by atoms with E-state index in [1.807, 2.05) is 0 Å². The van der Waals surface area contributed by atoms with Gasteiger partial charge in [-0.25, -0.2) is 4.98 Å². The van der Waals surface area contributed by atoms with Crippen molar-refractivity contribution >= 4 is 16.3 Å². The van der Waals surface area contributed by atoms with Gasteiger partial charge in [0.25, 0.3) is 0 Å². The van der Waals surface area contributed by atoms with Gasteiger partial charge in [-0.15, -0.1) is 11.3 Å². The molecular formula is C16H26N4S. The monoisotopic (exact) mass is 306 g/mol. The van der Waals surface area contributed by atoms with E-state index in [-0.39, 0.29) is 11.6 Å². The average molecular weight is 306 g/mol. The van der Waals surface area contributed by atoms with Crippen LogP contribution in [-0.2, 0) is 6.42 Å².